The molecule has 0 saturated heterocycles. The summed E-state index contributed by atoms with van der Waals surface area (Å²) < 4.78 is 39.3. The van der Waals surface area contributed by atoms with Gasteiger partial charge in [-0.25, -0.2) is 0 Å². The van der Waals surface area contributed by atoms with Crippen LogP contribution in [0.4, 0.5) is 13.2 Å². The Kier molecular flexibility index (Phi) is 3.46. The summed E-state index contributed by atoms with van der Waals surface area (Å²) in [5.74, 6) is -1.80. The summed E-state index contributed by atoms with van der Waals surface area (Å²) in [6, 6.07) is 8.66. The van der Waals surface area contributed by atoms with Crippen LogP contribution < -0.4 is 0 Å². The lowest BCUT2D eigenvalue weighted by Gasteiger charge is -2.10. The summed E-state index contributed by atoms with van der Waals surface area (Å²) in [5, 5.41) is 0. The summed E-state index contributed by atoms with van der Waals surface area (Å²) in [6.45, 7) is 5.13. The van der Waals surface area contributed by atoms with Crippen molar-refractivity contribution in [3.05, 3.63) is 52.8 Å². The van der Waals surface area contributed by atoms with Gasteiger partial charge < -0.3 is 4.57 Å². The van der Waals surface area contributed by atoms with E-state index >= 15 is 0 Å². The van der Waals surface area contributed by atoms with Gasteiger partial charge in [0.05, 0.1) is 0 Å². The first-order valence-corrected chi connectivity index (χ1v) is 6.09. The largest absolute Gasteiger partial charge is 0.454 e. The second-order valence-electron chi connectivity index (χ2n) is 4.78. The van der Waals surface area contributed by atoms with Gasteiger partial charge in [0.15, 0.2) is 0 Å². The van der Waals surface area contributed by atoms with Crippen molar-refractivity contribution < 1.29 is 18.0 Å². The zero-order valence-electron chi connectivity index (χ0n) is 11.4. The molecule has 20 heavy (non-hydrogen) atoms. The second-order valence-corrected chi connectivity index (χ2v) is 4.78. The predicted octanol–water partition coefficient (Wildman–Crippen LogP) is 4.15. The molecule has 0 aliphatic carbocycles. The van der Waals surface area contributed by atoms with E-state index in [0.717, 1.165) is 11.3 Å². The van der Waals surface area contributed by atoms with Crippen LogP contribution in [0.5, 0.6) is 0 Å². The lowest BCUT2D eigenvalue weighted by molar-refractivity contribution is -0.0885. The summed E-state index contributed by atoms with van der Waals surface area (Å²) in [5.41, 5.74) is 2.40. The van der Waals surface area contributed by atoms with Crippen LogP contribution in [-0.4, -0.2) is 16.5 Å². The van der Waals surface area contributed by atoms with E-state index in [2.05, 4.69) is 0 Å². The van der Waals surface area contributed by atoms with Crippen LogP contribution in [0, 0.1) is 20.8 Å². The van der Waals surface area contributed by atoms with Gasteiger partial charge in [0.2, 0.25) is 0 Å². The molecule has 0 aliphatic heterocycles. The molecular formula is C15H14F3NO. The van der Waals surface area contributed by atoms with Gasteiger partial charge in [-0.2, -0.15) is 13.2 Å². The number of halogens is 3. The number of hydrogen-bond donors (Lipinski definition) is 0. The van der Waals surface area contributed by atoms with Crippen molar-refractivity contribution >= 4 is 5.78 Å². The molecule has 1 aromatic carbocycles. The zero-order chi connectivity index (χ0) is 15.1. The molecule has 0 spiro atoms. The fourth-order valence-corrected chi connectivity index (χ4v) is 2.24. The quantitative estimate of drug-likeness (QED) is 0.758. The van der Waals surface area contributed by atoms with Crippen molar-refractivity contribution in [3.63, 3.8) is 0 Å². The molecular weight excluding hydrogens is 267 g/mol. The first-order chi connectivity index (χ1) is 9.21. The van der Waals surface area contributed by atoms with Gasteiger partial charge >= 0.3 is 6.18 Å². The SMILES string of the molecule is Cc1ccc(-n2c(C)cc(C(=O)C(F)(F)F)c2C)cc1. The van der Waals surface area contributed by atoms with Crippen molar-refractivity contribution in [2.75, 3.05) is 0 Å². The highest BCUT2D eigenvalue weighted by Crippen LogP contribution is 2.27. The molecule has 0 saturated carbocycles. The Bertz CT molecular complexity index is 651. The number of aryl methyl sites for hydroxylation is 2. The lowest BCUT2D eigenvalue weighted by atomic mass is 10.1. The Hall–Kier alpha value is -2.04. The molecule has 2 aromatic rings. The molecule has 0 amide bonds. The van der Waals surface area contributed by atoms with E-state index in [1.165, 1.54) is 13.0 Å². The zero-order valence-corrected chi connectivity index (χ0v) is 11.4. The molecule has 2 nitrogen and oxygen atoms in total. The number of ketones is 1. The number of aromatic nitrogens is 1. The Morgan fingerprint density at radius 1 is 1.05 bits per heavy atom. The molecule has 5 heteroatoms. The average Bonchev–Trinajstić information content (AvgIpc) is 2.64. The molecule has 0 radical (unpaired) electrons. The summed E-state index contributed by atoms with van der Waals surface area (Å²) in [4.78, 5) is 11.4. The van der Waals surface area contributed by atoms with E-state index in [1.807, 2.05) is 31.2 Å². The third-order valence-electron chi connectivity index (χ3n) is 3.23. The molecule has 1 aromatic heterocycles. The predicted molar refractivity (Wildman–Crippen MR) is 70.4 cm³/mol. The summed E-state index contributed by atoms with van der Waals surface area (Å²) >= 11 is 0. The molecule has 0 fully saturated rings. The molecule has 0 bridgehead atoms. The van der Waals surface area contributed by atoms with Crippen molar-refractivity contribution in [1.29, 1.82) is 0 Å². The first-order valence-electron chi connectivity index (χ1n) is 6.09. The van der Waals surface area contributed by atoms with Crippen LogP contribution in [0.1, 0.15) is 27.3 Å². The van der Waals surface area contributed by atoms with E-state index in [4.69, 9.17) is 0 Å². The maximum absolute atomic E-state index is 12.6. The number of carbonyl (C=O) groups excluding carboxylic acids is 1. The van der Waals surface area contributed by atoms with Crippen LogP contribution in [0.3, 0.4) is 0 Å². The number of nitrogens with zero attached hydrogens (tertiary/aromatic N) is 1. The normalized spacial score (nSPS) is 11.7. The Morgan fingerprint density at radius 2 is 1.60 bits per heavy atom. The number of hydrogen-bond acceptors (Lipinski definition) is 1. The number of carbonyl (C=O) groups is 1. The Morgan fingerprint density at radius 3 is 2.10 bits per heavy atom. The van der Waals surface area contributed by atoms with E-state index in [9.17, 15) is 18.0 Å². The minimum absolute atomic E-state index is 0.296. The molecule has 0 aliphatic rings. The first kappa shape index (κ1) is 14.4. The van der Waals surface area contributed by atoms with Crippen molar-refractivity contribution in [1.82, 2.24) is 4.57 Å². The molecule has 0 N–H and O–H groups in total. The van der Waals surface area contributed by atoms with E-state index in [1.54, 1.807) is 11.5 Å². The van der Waals surface area contributed by atoms with Crippen LogP contribution in [0.15, 0.2) is 30.3 Å². The van der Waals surface area contributed by atoms with Gasteiger partial charge in [0, 0.05) is 22.6 Å². The molecule has 106 valence electrons. The third-order valence-corrected chi connectivity index (χ3v) is 3.23. The minimum Gasteiger partial charge on any atom is -0.318 e. The van der Waals surface area contributed by atoms with Gasteiger partial charge in [0.25, 0.3) is 5.78 Å². The highest BCUT2D eigenvalue weighted by Gasteiger charge is 2.41. The van der Waals surface area contributed by atoms with E-state index < -0.39 is 12.0 Å². The number of benzene rings is 1. The van der Waals surface area contributed by atoms with Crippen LogP contribution in [0.25, 0.3) is 5.69 Å². The fraction of sp³-hybridized carbons (Fsp3) is 0.267. The lowest BCUT2D eigenvalue weighted by Crippen LogP contribution is -2.23. The fourth-order valence-electron chi connectivity index (χ4n) is 2.24. The van der Waals surface area contributed by atoms with Crippen LogP contribution in [0.2, 0.25) is 0 Å². The summed E-state index contributed by atoms with van der Waals surface area (Å²) in [6.07, 6.45) is -4.85. The monoisotopic (exact) mass is 281 g/mol. The second kappa shape index (κ2) is 4.81. The van der Waals surface area contributed by atoms with Crippen LogP contribution >= 0.6 is 0 Å². The van der Waals surface area contributed by atoms with Gasteiger partial charge in [-0.15, -0.1) is 0 Å². The van der Waals surface area contributed by atoms with Crippen LogP contribution in [-0.2, 0) is 0 Å². The van der Waals surface area contributed by atoms with E-state index in [-0.39, 0.29) is 5.56 Å². The minimum atomic E-state index is -4.85. The van der Waals surface area contributed by atoms with Gasteiger partial charge in [-0.05, 0) is 39.0 Å². The van der Waals surface area contributed by atoms with Crippen molar-refractivity contribution in [2.24, 2.45) is 0 Å². The van der Waals surface area contributed by atoms with Crippen molar-refractivity contribution in [2.45, 2.75) is 26.9 Å². The number of alkyl halides is 3. The third kappa shape index (κ3) is 2.48. The van der Waals surface area contributed by atoms with E-state index in [0.29, 0.717) is 11.4 Å². The molecule has 0 unspecified atom stereocenters. The number of Topliss-reactive ketones (excluding diaryl/α,β-unsaturated/α-hetero) is 1. The smallest absolute Gasteiger partial charge is 0.318 e. The average molecular weight is 281 g/mol. The summed E-state index contributed by atoms with van der Waals surface area (Å²) in [7, 11) is 0. The van der Waals surface area contributed by atoms with Crippen molar-refractivity contribution in [3.8, 4) is 5.69 Å². The van der Waals surface area contributed by atoms with Gasteiger partial charge in [0.1, 0.15) is 0 Å². The van der Waals surface area contributed by atoms with Gasteiger partial charge in [-0.3, -0.25) is 4.79 Å². The van der Waals surface area contributed by atoms with Gasteiger partial charge in [-0.1, -0.05) is 17.7 Å². The molecule has 0 atom stereocenters. The Balaban J connectivity index is 2.55. The number of rotatable bonds is 2. The maximum atomic E-state index is 12.6. The standard InChI is InChI=1S/C15H14F3NO/c1-9-4-6-12(7-5-9)19-10(2)8-13(11(19)3)14(20)15(16,17)18/h4-8H,1-3H3. The highest BCUT2D eigenvalue weighted by atomic mass is 19.4. The maximum Gasteiger partial charge on any atom is 0.454 e. The molecule has 2 rings (SSSR count). The topological polar surface area (TPSA) is 22.0 Å². The highest BCUT2D eigenvalue weighted by molar-refractivity contribution is 6.01. The molecule has 1 heterocycles. The Labute approximate surface area is 114 Å².